The molecule has 2 aromatic heterocycles. The Morgan fingerprint density at radius 2 is 1.87 bits per heavy atom. The molecule has 2 aliphatic rings. The van der Waals surface area contributed by atoms with Crippen molar-refractivity contribution in [2.75, 3.05) is 45.1 Å². The molecule has 0 saturated carbocycles. The van der Waals surface area contributed by atoms with Crippen molar-refractivity contribution in [2.24, 2.45) is 0 Å². The number of morpholine rings is 1. The second-order valence-corrected chi connectivity index (χ2v) is 11.9. The van der Waals surface area contributed by atoms with Gasteiger partial charge < -0.3 is 20.1 Å². The maximum absolute atomic E-state index is 15.6. The summed E-state index contributed by atoms with van der Waals surface area (Å²) >= 11 is 0. The summed E-state index contributed by atoms with van der Waals surface area (Å²) in [6, 6.07) is 13.0. The fraction of sp³-hybridized carbons (Fsp3) is 0.364. The smallest absolute Gasteiger partial charge is 0.264 e. The van der Waals surface area contributed by atoms with E-state index in [1.807, 2.05) is 13.8 Å². The van der Waals surface area contributed by atoms with E-state index in [0.717, 1.165) is 0 Å². The van der Waals surface area contributed by atoms with E-state index in [1.165, 1.54) is 18.5 Å². The van der Waals surface area contributed by atoms with Crippen molar-refractivity contribution in [3.63, 3.8) is 0 Å². The van der Waals surface area contributed by atoms with Gasteiger partial charge in [-0.05, 0) is 57.0 Å². The topological polar surface area (TPSA) is 135 Å². The number of nitrogens with two attached hydrogens (primary N) is 1. The van der Waals surface area contributed by atoms with E-state index in [-0.39, 0.29) is 52.3 Å². The van der Waals surface area contributed by atoms with Crippen LogP contribution in [0, 0.1) is 23.0 Å². The van der Waals surface area contributed by atoms with Crippen molar-refractivity contribution >= 4 is 22.8 Å². The number of carbonyl (C=O) groups is 1. The summed E-state index contributed by atoms with van der Waals surface area (Å²) in [5.74, 6) is -2.57. The van der Waals surface area contributed by atoms with Gasteiger partial charge in [0.05, 0.1) is 24.6 Å². The molecule has 0 aliphatic carbocycles. The molecular weight excluding hydrogens is 594 g/mol. The number of nitriles is 1. The summed E-state index contributed by atoms with van der Waals surface area (Å²) in [7, 11) is 0. The number of hydrogen-bond acceptors (Lipinski definition) is 9. The molecule has 0 unspecified atom stereocenters. The summed E-state index contributed by atoms with van der Waals surface area (Å²) in [5, 5.41) is 15.0. The molecule has 2 aliphatic heterocycles. The van der Waals surface area contributed by atoms with Crippen molar-refractivity contribution in [3.8, 4) is 28.8 Å². The highest BCUT2D eigenvalue weighted by molar-refractivity contribution is 5.99. The van der Waals surface area contributed by atoms with Crippen LogP contribution in [-0.4, -0.2) is 80.4 Å². The fourth-order valence-corrected chi connectivity index (χ4v) is 6.08. The lowest BCUT2D eigenvalue weighted by atomic mass is 9.97. The van der Waals surface area contributed by atoms with E-state index >= 15 is 8.78 Å². The fourth-order valence-electron chi connectivity index (χ4n) is 6.08. The number of benzene rings is 2. The highest BCUT2D eigenvalue weighted by Crippen LogP contribution is 2.38. The van der Waals surface area contributed by atoms with Crippen molar-refractivity contribution < 1.29 is 23.0 Å². The van der Waals surface area contributed by atoms with Gasteiger partial charge >= 0.3 is 0 Å². The van der Waals surface area contributed by atoms with Gasteiger partial charge in [-0.3, -0.25) is 9.69 Å². The van der Waals surface area contributed by atoms with Crippen molar-refractivity contribution in [2.45, 2.75) is 38.3 Å². The van der Waals surface area contributed by atoms with Crippen molar-refractivity contribution in [1.29, 1.82) is 5.26 Å². The molecule has 0 bridgehead atoms. The Labute approximate surface area is 264 Å². The Hall–Kier alpha value is -4.93. The molecule has 4 heterocycles. The first-order valence-electron chi connectivity index (χ1n) is 15.1. The average molecular weight is 629 g/mol. The third-order valence-corrected chi connectivity index (χ3v) is 8.50. The van der Waals surface area contributed by atoms with Crippen LogP contribution >= 0.6 is 0 Å². The highest BCUT2D eigenvalue weighted by Gasteiger charge is 2.33. The number of fused-ring (bicyclic) bond motifs is 1. The predicted octanol–water partition coefficient (Wildman–Crippen LogP) is 4.87. The van der Waals surface area contributed by atoms with Gasteiger partial charge in [0.25, 0.3) is 5.91 Å². The minimum absolute atomic E-state index is 0.0551. The minimum atomic E-state index is -1.18. The van der Waals surface area contributed by atoms with Gasteiger partial charge in [-0.1, -0.05) is 18.2 Å². The van der Waals surface area contributed by atoms with E-state index in [0.29, 0.717) is 57.1 Å². The third kappa shape index (κ3) is 6.01. The van der Waals surface area contributed by atoms with Gasteiger partial charge in [0.15, 0.2) is 17.2 Å². The number of anilines is 1. The molecule has 2 fully saturated rings. The van der Waals surface area contributed by atoms with Gasteiger partial charge in [-0.25, -0.2) is 19.0 Å². The SMILES string of the molecule is CC(C)(/C=C(/C#N)C(=O)N1CCC[C@@H](n2nc(-c3ccc(Oc4ccccc4)c(F)c3F)c3c(N)ncnc32)C1)N1CCOCC1. The quantitative estimate of drug-likeness (QED) is 0.225. The number of rotatable bonds is 7. The second-order valence-electron chi connectivity index (χ2n) is 11.9. The summed E-state index contributed by atoms with van der Waals surface area (Å²) < 4.78 is 43.6. The number of nitrogens with zero attached hydrogens (tertiary/aromatic N) is 7. The van der Waals surface area contributed by atoms with Crippen molar-refractivity contribution in [3.05, 3.63) is 72.1 Å². The van der Waals surface area contributed by atoms with Gasteiger partial charge in [0.1, 0.15) is 35.2 Å². The summed E-state index contributed by atoms with van der Waals surface area (Å²) in [4.78, 5) is 26.0. The van der Waals surface area contributed by atoms with Crippen LogP contribution in [0.5, 0.6) is 11.5 Å². The minimum Gasteiger partial charge on any atom is -0.454 e. The standard InChI is InChI=1S/C33H34F2N8O3/c1-33(2,42-13-15-45-16-14-42)17-21(18-36)32(44)41-12-6-7-22(19-41)43-31-26(30(37)38-20-39-31)29(40-43)24-10-11-25(28(35)27(24)34)46-23-8-4-3-5-9-23/h3-5,8-11,17,20,22H,6-7,12-16,19H2,1-2H3,(H2,37,38,39)/b21-17-/t22-/m1/s1. The Bertz CT molecular complexity index is 1830. The van der Waals surface area contributed by atoms with Crippen LogP contribution in [-0.2, 0) is 9.53 Å². The van der Waals surface area contributed by atoms with Crippen LogP contribution in [0.4, 0.5) is 14.6 Å². The molecule has 1 atom stereocenters. The van der Waals surface area contributed by atoms with Crippen LogP contribution in [0.1, 0.15) is 32.7 Å². The van der Waals surface area contributed by atoms with E-state index in [2.05, 4.69) is 26.0 Å². The molecule has 13 heteroatoms. The number of carbonyl (C=O) groups excluding carboxylic acids is 1. The number of aromatic nitrogens is 4. The Balaban J connectivity index is 1.31. The maximum atomic E-state index is 15.6. The van der Waals surface area contributed by atoms with E-state index in [1.54, 1.807) is 46.0 Å². The number of hydrogen-bond donors (Lipinski definition) is 1. The normalized spacial score (nSPS) is 18.0. The number of para-hydroxylation sites is 1. The molecule has 6 rings (SSSR count). The van der Waals surface area contributed by atoms with Gasteiger partial charge in [0.2, 0.25) is 5.82 Å². The zero-order valence-corrected chi connectivity index (χ0v) is 25.6. The molecule has 238 valence electrons. The first-order chi connectivity index (χ1) is 22.2. The molecule has 2 saturated heterocycles. The highest BCUT2D eigenvalue weighted by atomic mass is 19.2. The average Bonchev–Trinajstić information content (AvgIpc) is 3.47. The lowest BCUT2D eigenvalue weighted by molar-refractivity contribution is -0.128. The zero-order chi connectivity index (χ0) is 32.4. The Morgan fingerprint density at radius 1 is 1.11 bits per heavy atom. The summed E-state index contributed by atoms with van der Waals surface area (Å²) in [6.07, 6.45) is 4.27. The molecule has 0 spiro atoms. The molecule has 2 aromatic carbocycles. The van der Waals surface area contributed by atoms with Crippen LogP contribution in [0.25, 0.3) is 22.3 Å². The first kappa shape index (κ1) is 31.1. The molecule has 4 aromatic rings. The number of nitrogen functional groups attached to an aromatic ring is 1. The Kier molecular flexibility index (Phi) is 8.66. The van der Waals surface area contributed by atoms with Crippen LogP contribution < -0.4 is 10.5 Å². The zero-order valence-electron chi connectivity index (χ0n) is 25.6. The van der Waals surface area contributed by atoms with Crippen LogP contribution in [0.15, 0.2) is 60.4 Å². The van der Waals surface area contributed by atoms with Gasteiger partial charge in [-0.2, -0.15) is 14.8 Å². The predicted molar refractivity (Wildman–Crippen MR) is 167 cm³/mol. The van der Waals surface area contributed by atoms with Gasteiger partial charge in [0, 0.05) is 37.3 Å². The largest absolute Gasteiger partial charge is 0.454 e. The van der Waals surface area contributed by atoms with Crippen LogP contribution in [0.3, 0.4) is 0 Å². The maximum Gasteiger partial charge on any atom is 0.264 e. The molecule has 1 amide bonds. The molecular formula is C33H34F2N8O3. The molecule has 46 heavy (non-hydrogen) atoms. The molecule has 11 nitrogen and oxygen atoms in total. The van der Waals surface area contributed by atoms with E-state index in [4.69, 9.17) is 15.2 Å². The number of ether oxygens (including phenoxy) is 2. The molecule has 0 radical (unpaired) electrons. The summed E-state index contributed by atoms with van der Waals surface area (Å²) in [6.45, 7) is 7.24. The van der Waals surface area contributed by atoms with E-state index in [9.17, 15) is 10.1 Å². The number of likely N-dealkylation sites (tertiary alicyclic amines) is 1. The van der Waals surface area contributed by atoms with E-state index < -0.39 is 17.2 Å². The van der Waals surface area contributed by atoms with Crippen LogP contribution in [0.2, 0.25) is 0 Å². The Morgan fingerprint density at radius 3 is 2.61 bits per heavy atom. The first-order valence-corrected chi connectivity index (χ1v) is 15.1. The van der Waals surface area contributed by atoms with Gasteiger partial charge in [-0.15, -0.1) is 0 Å². The number of piperidine rings is 1. The lowest BCUT2D eigenvalue weighted by Crippen LogP contribution is -2.49. The number of amides is 1. The number of halogens is 2. The second kappa shape index (κ2) is 12.8. The summed E-state index contributed by atoms with van der Waals surface area (Å²) in [5.41, 5.74) is 6.05. The monoisotopic (exact) mass is 628 g/mol. The van der Waals surface area contributed by atoms with Crippen molar-refractivity contribution in [1.82, 2.24) is 29.5 Å². The third-order valence-electron chi connectivity index (χ3n) is 8.50. The lowest BCUT2D eigenvalue weighted by Gasteiger charge is -2.39. The molecule has 2 N–H and O–H groups in total.